The molecule has 9 nitrogen and oxygen atoms in total. The van der Waals surface area contributed by atoms with Crippen molar-refractivity contribution >= 4 is 40.3 Å². The number of amides is 2. The van der Waals surface area contributed by atoms with Gasteiger partial charge in [0.25, 0.3) is 11.5 Å². The Morgan fingerprint density at radius 1 is 1.18 bits per heavy atom. The topological polar surface area (TPSA) is 110 Å². The molecule has 178 valence electrons. The van der Waals surface area contributed by atoms with Crippen molar-refractivity contribution in [2.75, 3.05) is 5.75 Å². The third-order valence-electron chi connectivity index (χ3n) is 5.12. The van der Waals surface area contributed by atoms with Crippen LogP contribution in [0.1, 0.15) is 64.7 Å². The quantitative estimate of drug-likeness (QED) is 0.488. The van der Waals surface area contributed by atoms with E-state index in [-0.39, 0.29) is 34.7 Å². The molecule has 2 aromatic heterocycles. The third-order valence-corrected chi connectivity index (χ3v) is 6.05. The van der Waals surface area contributed by atoms with E-state index in [2.05, 4.69) is 20.8 Å². The number of nitrogens with zero attached hydrogens (tertiary/aromatic N) is 4. The highest BCUT2D eigenvalue weighted by atomic mass is 32.2. The number of aryl methyl sites for hydroxylation is 1. The smallest absolute Gasteiger partial charge is 0.262 e. The molecule has 0 bridgehead atoms. The van der Waals surface area contributed by atoms with E-state index in [1.807, 2.05) is 41.5 Å². The molecule has 1 atom stereocenters. The van der Waals surface area contributed by atoms with Gasteiger partial charge in [-0.1, -0.05) is 25.6 Å². The molecule has 2 N–H and O–H groups in total. The molecule has 0 aliphatic heterocycles. The van der Waals surface area contributed by atoms with E-state index in [1.54, 1.807) is 27.2 Å². The van der Waals surface area contributed by atoms with E-state index >= 15 is 0 Å². The van der Waals surface area contributed by atoms with Gasteiger partial charge in [0.1, 0.15) is 0 Å². The van der Waals surface area contributed by atoms with E-state index in [9.17, 15) is 14.4 Å². The fourth-order valence-electron chi connectivity index (χ4n) is 3.44. The Balaban J connectivity index is 2.11. The highest BCUT2D eigenvalue weighted by molar-refractivity contribution is 7.99. The molecule has 0 radical (unpaired) electrons. The first-order chi connectivity index (χ1) is 15.6. The van der Waals surface area contributed by atoms with Crippen molar-refractivity contribution in [1.82, 2.24) is 29.8 Å². The first-order valence-corrected chi connectivity index (χ1v) is 12.2. The molecule has 33 heavy (non-hydrogen) atoms. The Morgan fingerprint density at radius 2 is 1.91 bits per heavy atom. The lowest BCUT2D eigenvalue weighted by atomic mass is 10.1. The molecular weight excluding hydrogens is 440 g/mol. The van der Waals surface area contributed by atoms with Crippen molar-refractivity contribution in [2.45, 2.75) is 77.7 Å². The van der Waals surface area contributed by atoms with Crippen molar-refractivity contribution < 1.29 is 9.59 Å². The number of fused-ring (bicyclic) bond motifs is 3. The summed E-state index contributed by atoms with van der Waals surface area (Å²) in [6.07, 6.45) is 1.56. The number of aromatic nitrogens is 4. The van der Waals surface area contributed by atoms with Gasteiger partial charge in [0.2, 0.25) is 11.7 Å². The summed E-state index contributed by atoms with van der Waals surface area (Å²) in [6.45, 7) is 12.2. The number of carbonyl (C=O) groups is 2. The Morgan fingerprint density at radius 3 is 2.55 bits per heavy atom. The lowest BCUT2D eigenvalue weighted by molar-refractivity contribution is -0.119. The van der Waals surface area contributed by atoms with E-state index in [1.165, 1.54) is 11.8 Å². The van der Waals surface area contributed by atoms with Gasteiger partial charge >= 0.3 is 0 Å². The second kappa shape index (κ2) is 9.94. The van der Waals surface area contributed by atoms with Crippen LogP contribution in [0, 0.1) is 0 Å². The Bertz CT molecular complexity index is 1240. The van der Waals surface area contributed by atoms with E-state index < -0.39 is 0 Å². The molecule has 2 heterocycles. The minimum absolute atomic E-state index is 0.0353. The van der Waals surface area contributed by atoms with Crippen LogP contribution < -0.4 is 16.2 Å². The van der Waals surface area contributed by atoms with Crippen LogP contribution in [-0.2, 0) is 11.3 Å². The normalized spacial score (nSPS) is 12.8. The Hall–Kier alpha value is -2.88. The zero-order chi connectivity index (χ0) is 24.3. The number of nitrogens with one attached hydrogen (secondary N) is 2. The molecule has 3 rings (SSSR count). The first kappa shape index (κ1) is 24.8. The van der Waals surface area contributed by atoms with Gasteiger partial charge in [0.15, 0.2) is 5.16 Å². The number of thioether (sulfide) groups is 1. The summed E-state index contributed by atoms with van der Waals surface area (Å²) in [5.74, 6) is 0.223. The predicted octanol–water partition coefficient (Wildman–Crippen LogP) is 2.99. The van der Waals surface area contributed by atoms with E-state index in [0.29, 0.717) is 33.9 Å². The minimum atomic E-state index is -0.337. The second-order valence-electron chi connectivity index (χ2n) is 9.18. The van der Waals surface area contributed by atoms with Crippen molar-refractivity contribution in [1.29, 1.82) is 0 Å². The highest BCUT2D eigenvalue weighted by Crippen LogP contribution is 2.23. The Labute approximate surface area is 197 Å². The predicted molar refractivity (Wildman–Crippen MR) is 131 cm³/mol. The minimum Gasteiger partial charge on any atom is -0.351 e. The van der Waals surface area contributed by atoms with E-state index in [0.717, 1.165) is 12.8 Å². The van der Waals surface area contributed by atoms with E-state index in [4.69, 9.17) is 0 Å². The lowest BCUT2D eigenvalue weighted by Crippen LogP contribution is -2.41. The van der Waals surface area contributed by atoms with Crippen LogP contribution in [0.5, 0.6) is 0 Å². The molecule has 2 amide bonds. The Kier molecular flexibility index (Phi) is 7.46. The highest BCUT2D eigenvalue weighted by Gasteiger charge is 2.20. The number of benzene rings is 1. The van der Waals surface area contributed by atoms with Crippen molar-refractivity contribution in [2.24, 2.45) is 0 Å². The van der Waals surface area contributed by atoms with Gasteiger partial charge in [-0.15, -0.1) is 10.2 Å². The number of hydrogen-bond acceptors (Lipinski definition) is 6. The number of hydrogen-bond donors (Lipinski definition) is 2. The SMILES string of the molecule is CCCn1c(=O)c2ccc(C(=O)N[C@@H](C)CC)cc2n2c(SCC(=O)NC(C)(C)C)nnc12. The zero-order valence-electron chi connectivity index (χ0n) is 20.1. The molecule has 0 saturated heterocycles. The summed E-state index contributed by atoms with van der Waals surface area (Å²) < 4.78 is 3.36. The monoisotopic (exact) mass is 472 g/mol. The van der Waals surface area contributed by atoms with Gasteiger partial charge in [-0.05, 0) is 58.7 Å². The summed E-state index contributed by atoms with van der Waals surface area (Å²) in [5, 5.41) is 15.4. The molecule has 10 heteroatoms. The molecule has 0 aliphatic rings. The first-order valence-electron chi connectivity index (χ1n) is 11.2. The van der Waals surface area contributed by atoms with Gasteiger partial charge < -0.3 is 10.6 Å². The average molecular weight is 473 g/mol. The summed E-state index contributed by atoms with van der Waals surface area (Å²) in [7, 11) is 0. The van der Waals surface area contributed by atoms with Crippen LogP contribution in [-0.4, -0.2) is 48.3 Å². The van der Waals surface area contributed by atoms with Gasteiger partial charge in [0.05, 0.1) is 16.7 Å². The molecule has 0 saturated carbocycles. The van der Waals surface area contributed by atoms with Crippen LogP contribution in [0.15, 0.2) is 28.2 Å². The largest absolute Gasteiger partial charge is 0.351 e. The molecule has 0 spiro atoms. The maximum atomic E-state index is 13.2. The third kappa shape index (κ3) is 5.55. The maximum Gasteiger partial charge on any atom is 0.262 e. The molecule has 0 aliphatic carbocycles. The van der Waals surface area contributed by atoms with Gasteiger partial charge in [0, 0.05) is 23.7 Å². The number of carbonyl (C=O) groups excluding carboxylic acids is 2. The maximum absolute atomic E-state index is 13.2. The fraction of sp³-hybridized carbons (Fsp3) is 0.522. The van der Waals surface area contributed by atoms with Crippen molar-refractivity contribution in [3.8, 4) is 0 Å². The standard InChI is InChI=1S/C23H32N6O3S/c1-7-11-28-20(32)16-10-9-15(19(31)24-14(3)8-2)12-17(16)29-21(28)26-27-22(29)33-13-18(30)25-23(4,5)6/h9-10,12,14H,7-8,11,13H2,1-6H3,(H,24,31)(H,25,30)/t14-/m0/s1. The van der Waals surface area contributed by atoms with Gasteiger partial charge in [-0.25, -0.2) is 0 Å². The fourth-order valence-corrected chi connectivity index (χ4v) is 4.18. The molecule has 0 unspecified atom stereocenters. The molecular formula is C23H32N6O3S. The van der Waals surface area contributed by atoms with Crippen LogP contribution in [0.4, 0.5) is 0 Å². The van der Waals surface area contributed by atoms with Gasteiger partial charge in [-0.3, -0.25) is 23.4 Å². The number of rotatable bonds is 8. The molecule has 1 aromatic carbocycles. The molecule has 0 fully saturated rings. The van der Waals surface area contributed by atoms with Gasteiger partial charge in [-0.2, -0.15) is 0 Å². The summed E-state index contributed by atoms with van der Waals surface area (Å²) in [5.41, 5.74) is 0.480. The molecule has 3 aromatic rings. The summed E-state index contributed by atoms with van der Waals surface area (Å²) in [4.78, 5) is 38.3. The second-order valence-corrected chi connectivity index (χ2v) is 10.1. The van der Waals surface area contributed by atoms with Crippen molar-refractivity contribution in [3.05, 3.63) is 34.1 Å². The summed E-state index contributed by atoms with van der Waals surface area (Å²) in [6, 6.07) is 5.07. The lowest BCUT2D eigenvalue weighted by Gasteiger charge is -2.20. The zero-order valence-corrected chi connectivity index (χ0v) is 20.9. The van der Waals surface area contributed by atoms with Crippen LogP contribution in [0.2, 0.25) is 0 Å². The average Bonchev–Trinajstić information content (AvgIpc) is 3.17. The van der Waals surface area contributed by atoms with Crippen LogP contribution >= 0.6 is 11.8 Å². The van der Waals surface area contributed by atoms with Crippen molar-refractivity contribution in [3.63, 3.8) is 0 Å². The van der Waals surface area contributed by atoms with Crippen LogP contribution in [0.25, 0.3) is 16.7 Å². The van der Waals surface area contributed by atoms with Crippen LogP contribution in [0.3, 0.4) is 0 Å². The summed E-state index contributed by atoms with van der Waals surface area (Å²) >= 11 is 1.24.